The molecule has 0 aromatic heterocycles. The molecule has 10 rings (SSSR count). The third-order valence-electron chi connectivity index (χ3n) is 11.2. The van der Waals surface area contributed by atoms with Gasteiger partial charge in [0.05, 0.1) is 10.8 Å². The second kappa shape index (κ2) is 16.6. The highest BCUT2D eigenvalue weighted by Gasteiger charge is 2.47. The molecular formula is C56H52. The summed E-state index contributed by atoms with van der Waals surface area (Å²) in [6.45, 7) is 12.4. The van der Waals surface area contributed by atoms with Gasteiger partial charge >= 0.3 is 0 Å². The Kier molecular flexibility index (Phi) is 11.3. The summed E-state index contributed by atoms with van der Waals surface area (Å²) in [4.78, 5) is 0. The molecule has 0 radical (unpaired) electrons. The number of benzene rings is 8. The van der Waals surface area contributed by atoms with Gasteiger partial charge < -0.3 is 0 Å². The predicted molar refractivity (Wildman–Crippen MR) is 240 cm³/mol. The van der Waals surface area contributed by atoms with Crippen molar-refractivity contribution < 1.29 is 0 Å². The fraction of sp³-hybridized carbons (Fsp3) is 0.143. The van der Waals surface area contributed by atoms with E-state index in [-0.39, 0.29) is 10.8 Å². The van der Waals surface area contributed by atoms with E-state index >= 15 is 0 Å². The van der Waals surface area contributed by atoms with E-state index < -0.39 is 0 Å². The molecule has 0 atom stereocenters. The van der Waals surface area contributed by atoms with Gasteiger partial charge in [-0.3, -0.25) is 0 Å². The highest BCUT2D eigenvalue weighted by molar-refractivity contribution is 5.87. The van der Waals surface area contributed by atoms with E-state index in [0.717, 1.165) is 0 Å². The van der Waals surface area contributed by atoms with Crippen LogP contribution in [0.25, 0.3) is 22.3 Å². The lowest BCUT2D eigenvalue weighted by atomic mass is 9.67. The van der Waals surface area contributed by atoms with Crippen LogP contribution in [0.15, 0.2) is 206 Å². The average molecular weight is 725 g/mol. The zero-order chi connectivity index (χ0) is 39.1. The topological polar surface area (TPSA) is 0 Å². The van der Waals surface area contributed by atoms with Gasteiger partial charge in [0, 0.05) is 0 Å². The summed E-state index contributed by atoms with van der Waals surface area (Å²) >= 11 is 0. The normalized spacial score (nSPS) is 13.1. The minimum Gasteiger partial charge on any atom is -0.0683 e. The van der Waals surface area contributed by atoms with Crippen LogP contribution in [0.1, 0.15) is 83.3 Å². The minimum absolute atomic E-state index is 0.263. The predicted octanol–water partition coefficient (Wildman–Crippen LogP) is 14.8. The largest absolute Gasteiger partial charge is 0.0713 e. The van der Waals surface area contributed by atoms with Gasteiger partial charge in [0.25, 0.3) is 0 Å². The number of aryl methyl sites for hydroxylation is 2. The van der Waals surface area contributed by atoms with Crippen LogP contribution in [0.2, 0.25) is 0 Å². The fourth-order valence-electron chi connectivity index (χ4n) is 9.18. The summed E-state index contributed by atoms with van der Waals surface area (Å²) in [6, 6.07) is 75.3. The first-order valence-corrected chi connectivity index (χ1v) is 20.3. The maximum atomic E-state index is 2.34. The van der Waals surface area contributed by atoms with Crippen molar-refractivity contribution in [3.8, 4) is 22.3 Å². The Labute approximate surface area is 335 Å². The molecule has 0 saturated heterocycles. The lowest BCUT2D eigenvalue weighted by Crippen LogP contribution is -2.28. The summed E-state index contributed by atoms with van der Waals surface area (Å²) in [5.41, 5.74) is 18.2. The summed E-state index contributed by atoms with van der Waals surface area (Å²) in [6.07, 6.45) is 0. The maximum absolute atomic E-state index is 2.34. The van der Waals surface area contributed by atoms with Gasteiger partial charge in [-0.25, -0.2) is 0 Å². The van der Waals surface area contributed by atoms with Gasteiger partial charge in [-0.05, 0) is 80.6 Å². The molecule has 0 saturated carbocycles. The Morgan fingerprint density at radius 3 is 0.786 bits per heavy atom. The third-order valence-corrected chi connectivity index (χ3v) is 11.2. The lowest BCUT2D eigenvalue weighted by molar-refractivity contribution is 0.767. The van der Waals surface area contributed by atoms with Gasteiger partial charge in [-0.1, -0.05) is 245 Å². The van der Waals surface area contributed by atoms with Crippen LogP contribution in [0.5, 0.6) is 0 Å². The van der Waals surface area contributed by atoms with Crippen molar-refractivity contribution in [1.82, 2.24) is 0 Å². The fourth-order valence-corrected chi connectivity index (χ4v) is 9.18. The van der Waals surface area contributed by atoms with Crippen molar-refractivity contribution in [2.24, 2.45) is 0 Å². The Hall–Kier alpha value is -6.24. The van der Waals surface area contributed by atoms with E-state index in [9.17, 15) is 0 Å². The average Bonchev–Trinajstić information content (AvgIpc) is 3.75. The highest BCUT2D eigenvalue weighted by atomic mass is 14.5. The van der Waals surface area contributed by atoms with Gasteiger partial charge in [0.2, 0.25) is 0 Å². The van der Waals surface area contributed by atoms with E-state index in [1.807, 2.05) is 27.7 Å². The third kappa shape index (κ3) is 6.20. The summed E-state index contributed by atoms with van der Waals surface area (Å²) < 4.78 is 0. The molecule has 2 aliphatic rings. The van der Waals surface area contributed by atoms with Crippen molar-refractivity contribution >= 4 is 0 Å². The van der Waals surface area contributed by atoms with Crippen LogP contribution in [0.3, 0.4) is 0 Å². The van der Waals surface area contributed by atoms with Gasteiger partial charge in [0.15, 0.2) is 0 Å². The first kappa shape index (κ1) is 38.1. The standard InChI is InChI=1S/2C26H20.2C2H6/c2*1-19-10-9-13-21(18-19)26(20-11-3-2-4-12-20)24-16-7-5-14-22(24)23-15-6-8-17-25(23)26;2*1-2/h2*2-18H,1H3;2*1-2H3. The van der Waals surface area contributed by atoms with Crippen molar-refractivity contribution in [2.45, 2.75) is 52.4 Å². The van der Waals surface area contributed by atoms with Crippen LogP contribution < -0.4 is 0 Å². The molecular weight excluding hydrogens is 673 g/mol. The van der Waals surface area contributed by atoms with E-state index in [0.29, 0.717) is 0 Å². The Morgan fingerprint density at radius 1 is 0.250 bits per heavy atom. The summed E-state index contributed by atoms with van der Waals surface area (Å²) in [5, 5.41) is 0. The smallest absolute Gasteiger partial charge is 0.0683 e. The minimum atomic E-state index is -0.263. The molecule has 8 aromatic carbocycles. The Morgan fingerprint density at radius 2 is 0.500 bits per heavy atom. The van der Waals surface area contributed by atoms with Crippen LogP contribution >= 0.6 is 0 Å². The van der Waals surface area contributed by atoms with Crippen LogP contribution in [-0.2, 0) is 10.8 Å². The van der Waals surface area contributed by atoms with Crippen molar-refractivity contribution in [3.05, 3.63) is 262 Å². The molecule has 56 heavy (non-hydrogen) atoms. The Bertz CT molecular complexity index is 2270. The molecule has 0 heteroatoms. The molecule has 0 heterocycles. The molecule has 276 valence electrons. The summed E-state index contributed by atoms with van der Waals surface area (Å²) in [7, 11) is 0. The highest BCUT2D eigenvalue weighted by Crippen LogP contribution is 2.57. The first-order valence-electron chi connectivity index (χ1n) is 20.3. The van der Waals surface area contributed by atoms with E-state index in [1.54, 1.807) is 0 Å². The molecule has 0 aliphatic heterocycles. The number of fused-ring (bicyclic) bond motifs is 6. The van der Waals surface area contributed by atoms with Crippen LogP contribution in [0.4, 0.5) is 0 Å². The summed E-state index contributed by atoms with van der Waals surface area (Å²) in [5.74, 6) is 0. The quantitative estimate of drug-likeness (QED) is 0.170. The zero-order valence-electron chi connectivity index (χ0n) is 33.6. The van der Waals surface area contributed by atoms with E-state index in [2.05, 4.69) is 220 Å². The molecule has 0 bridgehead atoms. The van der Waals surface area contributed by atoms with E-state index in [1.165, 1.54) is 77.9 Å². The SMILES string of the molecule is CC.CC.Cc1cccc(C2(c3ccccc3)c3ccccc3-c3ccccc32)c1.Cc1cccc(C2(c3ccccc3)c3ccccc3-c3ccccc32)c1. The van der Waals surface area contributed by atoms with E-state index in [4.69, 9.17) is 0 Å². The molecule has 8 aromatic rings. The first-order chi connectivity index (χ1) is 27.6. The zero-order valence-corrected chi connectivity index (χ0v) is 33.6. The maximum Gasteiger partial charge on any atom is 0.0713 e. The number of rotatable bonds is 4. The monoisotopic (exact) mass is 724 g/mol. The van der Waals surface area contributed by atoms with Gasteiger partial charge in [0.1, 0.15) is 0 Å². The molecule has 0 spiro atoms. The molecule has 0 fully saturated rings. The molecule has 0 amide bonds. The Balaban J connectivity index is 0.000000158. The van der Waals surface area contributed by atoms with Crippen molar-refractivity contribution in [1.29, 1.82) is 0 Å². The molecule has 0 nitrogen and oxygen atoms in total. The van der Waals surface area contributed by atoms with Gasteiger partial charge in [-0.2, -0.15) is 0 Å². The molecule has 0 unspecified atom stereocenters. The molecule has 2 aliphatic carbocycles. The van der Waals surface area contributed by atoms with Crippen molar-refractivity contribution in [2.75, 3.05) is 0 Å². The van der Waals surface area contributed by atoms with Crippen LogP contribution in [0, 0.1) is 13.8 Å². The van der Waals surface area contributed by atoms with Crippen molar-refractivity contribution in [3.63, 3.8) is 0 Å². The van der Waals surface area contributed by atoms with Crippen LogP contribution in [-0.4, -0.2) is 0 Å². The second-order valence-electron chi connectivity index (χ2n) is 14.2. The molecule has 0 N–H and O–H groups in total. The second-order valence-corrected chi connectivity index (χ2v) is 14.2. The number of hydrogen-bond acceptors (Lipinski definition) is 0. The van der Waals surface area contributed by atoms with Gasteiger partial charge in [-0.15, -0.1) is 0 Å². The number of hydrogen-bond donors (Lipinski definition) is 0. The lowest BCUT2D eigenvalue weighted by Gasteiger charge is -2.34.